The van der Waals surface area contributed by atoms with E-state index in [1.165, 1.54) is 24.3 Å². The first-order valence-electron chi connectivity index (χ1n) is 13.8. The normalized spacial score (nSPS) is 23.8. The van der Waals surface area contributed by atoms with Gasteiger partial charge in [-0.3, -0.25) is 9.59 Å². The molecule has 5 heterocycles. The summed E-state index contributed by atoms with van der Waals surface area (Å²) in [5.74, 6) is -1.16. The molecule has 2 atom stereocenters. The molecule has 6 rings (SSSR count). The number of nitrogens with one attached hydrogen (secondary N) is 1. The van der Waals surface area contributed by atoms with E-state index in [-0.39, 0.29) is 70.4 Å². The molecule has 12 heteroatoms. The van der Waals surface area contributed by atoms with Crippen LogP contribution in [0.5, 0.6) is 11.5 Å². The highest BCUT2D eigenvalue weighted by Crippen LogP contribution is 2.48. The highest BCUT2D eigenvalue weighted by atomic mass is 35.5. The van der Waals surface area contributed by atoms with E-state index >= 15 is 4.39 Å². The molecule has 1 aromatic heterocycles. The van der Waals surface area contributed by atoms with E-state index in [2.05, 4.69) is 25.7 Å². The van der Waals surface area contributed by atoms with Crippen molar-refractivity contribution in [2.45, 2.75) is 43.9 Å². The summed E-state index contributed by atoms with van der Waals surface area (Å²) >= 11 is 6.86. The molecule has 2 N–H and O–H groups in total. The second kappa shape index (κ2) is 10.5. The van der Waals surface area contributed by atoms with Gasteiger partial charge in [-0.15, -0.1) is 0 Å². The third kappa shape index (κ3) is 4.79. The van der Waals surface area contributed by atoms with E-state index in [1.54, 1.807) is 9.80 Å². The fourth-order valence-corrected chi connectivity index (χ4v) is 6.56. The molecule has 2 unspecified atom stereocenters. The number of phenols is 1. The summed E-state index contributed by atoms with van der Waals surface area (Å²) in [6, 6.07) is 3.90. The van der Waals surface area contributed by atoms with Crippen LogP contribution in [0.2, 0.25) is 5.02 Å². The van der Waals surface area contributed by atoms with E-state index in [9.17, 15) is 14.7 Å². The van der Waals surface area contributed by atoms with Gasteiger partial charge < -0.3 is 34.6 Å². The monoisotopic (exact) mass is 585 g/mol. The lowest BCUT2D eigenvalue weighted by Crippen LogP contribution is -2.57. The number of hydrogen-bond donors (Lipinski definition) is 2. The molecule has 2 amide bonds. The van der Waals surface area contributed by atoms with Gasteiger partial charge in [0.15, 0.2) is 5.75 Å². The van der Waals surface area contributed by atoms with E-state index in [4.69, 9.17) is 26.1 Å². The summed E-state index contributed by atoms with van der Waals surface area (Å²) in [4.78, 5) is 36.8. The molecule has 4 aliphatic rings. The minimum absolute atomic E-state index is 0.00764. The Labute approximate surface area is 242 Å². The number of nitrogens with zero attached hydrogens (tertiary/aromatic N) is 4. The summed E-state index contributed by atoms with van der Waals surface area (Å²) in [6.45, 7) is 10.5. The Morgan fingerprint density at radius 2 is 2.00 bits per heavy atom. The van der Waals surface area contributed by atoms with Gasteiger partial charge in [-0.1, -0.05) is 24.2 Å². The summed E-state index contributed by atoms with van der Waals surface area (Å²) in [5, 5.41) is 14.2. The predicted molar refractivity (Wildman–Crippen MR) is 151 cm³/mol. The van der Waals surface area contributed by atoms with Crippen LogP contribution in [0.25, 0.3) is 11.3 Å². The number of aromatic nitrogens is 1. The minimum Gasteiger partial charge on any atom is -0.507 e. The van der Waals surface area contributed by atoms with E-state index in [0.717, 1.165) is 6.42 Å². The number of halogens is 2. The van der Waals surface area contributed by atoms with Crippen molar-refractivity contribution in [3.05, 3.63) is 47.3 Å². The highest BCUT2D eigenvalue weighted by Gasteiger charge is 2.46. The molecule has 2 aromatic rings. The van der Waals surface area contributed by atoms with Crippen LogP contribution in [0.4, 0.5) is 10.2 Å². The number of anilines is 1. The Morgan fingerprint density at radius 1 is 1.22 bits per heavy atom. The van der Waals surface area contributed by atoms with Gasteiger partial charge in [-0.05, 0) is 38.5 Å². The lowest BCUT2D eigenvalue weighted by atomic mass is 9.98. The number of benzene rings is 1. The molecule has 0 bridgehead atoms. The fraction of sp³-hybridized carbons (Fsp3) is 0.483. The number of hydrogen-bond acceptors (Lipinski definition) is 8. The molecule has 10 nitrogen and oxygen atoms in total. The number of fused-ring (bicyclic) bond motifs is 2. The Kier molecular flexibility index (Phi) is 7.07. The first kappa shape index (κ1) is 27.7. The van der Waals surface area contributed by atoms with Gasteiger partial charge in [0.25, 0.3) is 5.91 Å². The van der Waals surface area contributed by atoms with Crippen molar-refractivity contribution in [3.8, 4) is 22.8 Å². The van der Waals surface area contributed by atoms with Gasteiger partial charge in [0.2, 0.25) is 5.91 Å². The highest BCUT2D eigenvalue weighted by molar-refractivity contribution is 6.35. The molecular formula is C29H33ClFN5O5. The molecule has 0 radical (unpaired) electrons. The van der Waals surface area contributed by atoms with Crippen molar-refractivity contribution >= 4 is 29.2 Å². The molecule has 1 aromatic carbocycles. The van der Waals surface area contributed by atoms with Crippen LogP contribution in [0.1, 0.15) is 30.6 Å². The Bertz CT molecular complexity index is 1400. The smallest absolute Gasteiger partial charge is 0.261 e. The largest absolute Gasteiger partial charge is 0.507 e. The van der Waals surface area contributed by atoms with Crippen LogP contribution in [0.15, 0.2) is 30.9 Å². The summed E-state index contributed by atoms with van der Waals surface area (Å²) in [7, 11) is 0. The molecular weight excluding hydrogens is 553 g/mol. The van der Waals surface area contributed by atoms with Crippen molar-refractivity contribution in [2.75, 3.05) is 50.9 Å². The zero-order valence-corrected chi connectivity index (χ0v) is 23.8. The maximum Gasteiger partial charge on any atom is 0.261 e. The van der Waals surface area contributed by atoms with Crippen molar-refractivity contribution in [1.82, 2.24) is 20.1 Å². The van der Waals surface area contributed by atoms with Gasteiger partial charge in [0, 0.05) is 37.8 Å². The third-order valence-electron chi connectivity index (χ3n) is 8.41. The van der Waals surface area contributed by atoms with Crippen LogP contribution in [0, 0.1) is 5.82 Å². The van der Waals surface area contributed by atoms with Crippen LogP contribution in [0.3, 0.4) is 0 Å². The lowest BCUT2D eigenvalue weighted by molar-refractivity contribution is -0.128. The van der Waals surface area contributed by atoms with E-state index < -0.39 is 17.4 Å². The van der Waals surface area contributed by atoms with Crippen molar-refractivity contribution in [2.24, 2.45) is 0 Å². The van der Waals surface area contributed by atoms with Crippen LogP contribution >= 0.6 is 11.6 Å². The fourth-order valence-electron chi connectivity index (χ4n) is 6.28. The first-order valence-corrected chi connectivity index (χ1v) is 14.1. The number of phenolic OH excluding ortho intramolecular Hbond substituents is 1. The zero-order valence-electron chi connectivity index (χ0n) is 23.0. The van der Waals surface area contributed by atoms with Crippen LogP contribution < -0.4 is 15.0 Å². The SMILES string of the molecule is C=CC(=O)N1CCN2C(=O)c3c(N4CC(NC5COC5)CC4(C)C)nc(-c4c(O)cccc4F)c(Cl)c3OCC2C1. The zero-order chi connectivity index (χ0) is 29.1. The van der Waals surface area contributed by atoms with Crippen LogP contribution in [-0.4, -0.2) is 101 Å². The quantitative estimate of drug-likeness (QED) is 0.516. The first-order chi connectivity index (χ1) is 19.6. The Morgan fingerprint density at radius 3 is 2.68 bits per heavy atom. The summed E-state index contributed by atoms with van der Waals surface area (Å²) in [6.07, 6.45) is 2.02. The average Bonchev–Trinajstić information content (AvgIpc) is 3.14. The third-order valence-corrected chi connectivity index (χ3v) is 8.76. The summed E-state index contributed by atoms with van der Waals surface area (Å²) < 4.78 is 26.7. The number of carbonyl (C=O) groups is 2. The van der Waals surface area contributed by atoms with Gasteiger partial charge >= 0.3 is 0 Å². The van der Waals surface area contributed by atoms with Crippen molar-refractivity contribution < 1.29 is 28.6 Å². The molecule has 0 aliphatic carbocycles. The summed E-state index contributed by atoms with van der Waals surface area (Å²) in [5.41, 5.74) is -0.416. The van der Waals surface area contributed by atoms with Gasteiger partial charge in [-0.2, -0.15) is 0 Å². The molecule has 0 saturated carbocycles. The van der Waals surface area contributed by atoms with E-state index in [0.29, 0.717) is 38.7 Å². The molecule has 0 spiro atoms. The second-order valence-corrected chi connectivity index (χ2v) is 12.0. The number of rotatable bonds is 5. The number of amides is 2. The number of ether oxygens (including phenoxy) is 2. The van der Waals surface area contributed by atoms with E-state index in [1.807, 2.05) is 4.90 Å². The number of aromatic hydroxyl groups is 1. The minimum atomic E-state index is -0.702. The van der Waals surface area contributed by atoms with Gasteiger partial charge in [0.1, 0.15) is 40.3 Å². The Hall–Kier alpha value is -3.41. The van der Waals surface area contributed by atoms with Gasteiger partial charge in [0.05, 0.1) is 30.9 Å². The number of carbonyl (C=O) groups excluding carboxylic acids is 2. The Balaban J connectivity index is 1.48. The number of piperazine rings is 1. The molecule has 3 fully saturated rings. The van der Waals surface area contributed by atoms with Gasteiger partial charge in [-0.25, -0.2) is 9.37 Å². The predicted octanol–water partition coefficient (Wildman–Crippen LogP) is 2.82. The lowest BCUT2D eigenvalue weighted by Gasteiger charge is -2.40. The molecule has 218 valence electrons. The molecule has 41 heavy (non-hydrogen) atoms. The maximum atomic E-state index is 15.2. The van der Waals surface area contributed by atoms with Crippen molar-refractivity contribution in [3.63, 3.8) is 0 Å². The molecule has 4 aliphatic heterocycles. The topological polar surface area (TPSA) is 107 Å². The van der Waals surface area contributed by atoms with Crippen molar-refractivity contribution in [1.29, 1.82) is 0 Å². The number of pyridine rings is 1. The molecule has 3 saturated heterocycles. The average molecular weight is 586 g/mol. The maximum absolute atomic E-state index is 15.2. The second-order valence-electron chi connectivity index (χ2n) is 11.6. The van der Waals surface area contributed by atoms with Crippen LogP contribution in [-0.2, 0) is 9.53 Å². The standard InChI is InChI=1S/C29H33ClFN5O5/c1-4-21(38)34-8-9-35-18(12-34)15-41-26-23(28(35)39)27(33-25(24(26)30)22-19(31)6-5-7-20(22)37)36-11-16(10-29(36,2)3)32-17-13-40-14-17/h4-7,16-18,32,37H,1,8-15H2,2-3H3.